The largest absolute Gasteiger partial charge is 0.454 e. The van der Waals surface area contributed by atoms with Crippen LogP contribution < -0.4 is 14.4 Å². The smallest absolute Gasteiger partial charge is 0.231 e. The number of rotatable bonds is 6. The van der Waals surface area contributed by atoms with Crippen molar-refractivity contribution in [3.63, 3.8) is 0 Å². The molecule has 0 amide bonds. The lowest BCUT2D eigenvalue weighted by Crippen LogP contribution is -3.13. The van der Waals surface area contributed by atoms with Gasteiger partial charge in [-0.15, -0.1) is 0 Å². The zero-order valence-corrected chi connectivity index (χ0v) is 13.8. The molecule has 0 unspecified atom stereocenters. The number of benzene rings is 1. The van der Waals surface area contributed by atoms with E-state index in [9.17, 15) is 5.11 Å². The van der Waals surface area contributed by atoms with Gasteiger partial charge in [-0.25, -0.2) is 0 Å². The van der Waals surface area contributed by atoms with Gasteiger partial charge in [0.25, 0.3) is 0 Å². The van der Waals surface area contributed by atoms with Gasteiger partial charge in [0.1, 0.15) is 12.6 Å². The lowest BCUT2D eigenvalue weighted by Gasteiger charge is -2.24. The normalized spacial score (nSPS) is 20.0. The lowest BCUT2D eigenvalue weighted by atomic mass is 10.1. The van der Waals surface area contributed by atoms with Crippen molar-refractivity contribution >= 4 is 0 Å². The van der Waals surface area contributed by atoms with Gasteiger partial charge in [-0.05, 0) is 43.4 Å². The highest BCUT2D eigenvalue weighted by atomic mass is 16.7. The number of aliphatic hydroxyl groups is 1. The molecule has 2 N–H and O–H groups in total. The topological polar surface area (TPSA) is 52.4 Å². The van der Waals surface area contributed by atoms with E-state index in [1.165, 1.54) is 50.1 Å². The van der Waals surface area contributed by atoms with Crippen molar-refractivity contribution in [1.29, 1.82) is 0 Å². The summed E-state index contributed by atoms with van der Waals surface area (Å²) in [6.45, 7) is 4.32. The standard InChI is InChI=1S/C18H27NO4/c20-16(11-19-8-4-2-1-3-5-9-19)13-21-12-15-6-7-17-18(10-15)23-14-22-17/h6-7,10,16,20H,1-5,8-9,11-14H2/p+1/t16-/m0/s1. The zero-order valence-electron chi connectivity index (χ0n) is 13.8. The Morgan fingerprint density at radius 3 is 2.61 bits per heavy atom. The van der Waals surface area contributed by atoms with E-state index in [0.717, 1.165) is 23.6 Å². The van der Waals surface area contributed by atoms with Crippen molar-refractivity contribution in [3.05, 3.63) is 23.8 Å². The van der Waals surface area contributed by atoms with E-state index in [0.29, 0.717) is 13.2 Å². The third kappa shape index (κ3) is 5.09. The van der Waals surface area contributed by atoms with E-state index >= 15 is 0 Å². The number of nitrogens with one attached hydrogen (secondary N) is 1. The fourth-order valence-electron chi connectivity index (χ4n) is 3.35. The van der Waals surface area contributed by atoms with Gasteiger partial charge in [0.05, 0.1) is 26.3 Å². The third-order valence-corrected chi connectivity index (χ3v) is 4.60. The van der Waals surface area contributed by atoms with E-state index in [1.54, 1.807) is 0 Å². The van der Waals surface area contributed by atoms with Crippen LogP contribution in [0.4, 0.5) is 0 Å². The van der Waals surface area contributed by atoms with Crippen LogP contribution in [0.3, 0.4) is 0 Å². The van der Waals surface area contributed by atoms with Crippen LogP contribution in [-0.2, 0) is 11.3 Å². The molecule has 1 saturated heterocycles. The molecular formula is C18H28NO4+. The Labute approximate surface area is 138 Å². The average molecular weight is 322 g/mol. The predicted octanol–water partition coefficient (Wildman–Crippen LogP) is 1.14. The molecule has 0 aliphatic carbocycles. The maximum absolute atomic E-state index is 10.2. The molecule has 0 saturated carbocycles. The van der Waals surface area contributed by atoms with Gasteiger partial charge < -0.3 is 24.2 Å². The molecule has 0 bridgehead atoms. The maximum Gasteiger partial charge on any atom is 0.231 e. The molecule has 0 aromatic heterocycles. The molecule has 1 fully saturated rings. The summed E-state index contributed by atoms with van der Waals surface area (Å²) in [7, 11) is 0. The minimum absolute atomic E-state index is 0.289. The predicted molar refractivity (Wildman–Crippen MR) is 86.9 cm³/mol. The van der Waals surface area contributed by atoms with E-state index < -0.39 is 6.10 Å². The first kappa shape index (κ1) is 16.6. The van der Waals surface area contributed by atoms with Crippen molar-refractivity contribution < 1.29 is 24.2 Å². The van der Waals surface area contributed by atoms with Crippen molar-refractivity contribution in [1.82, 2.24) is 0 Å². The molecule has 2 heterocycles. The van der Waals surface area contributed by atoms with Gasteiger partial charge in [-0.2, -0.15) is 0 Å². The Bertz CT molecular complexity index is 486. The van der Waals surface area contributed by atoms with Crippen molar-refractivity contribution in [2.24, 2.45) is 0 Å². The lowest BCUT2D eigenvalue weighted by molar-refractivity contribution is -0.904. The van der Waals surface area contributed by atoms with Crippen molar-refractivity contribution in [2.75, 3.05) is 33.0 Å². The van der Waals surface area contributed by atoms with Crippen molar-refractivity contribution in [3.8, 4) is 11.5 Å². The fourth-order valence-corrected chi connectivity index (χ4v) is 3.35. The van der Waals surface area contributed by atoms with Crippen LogP contribution >= 0.6 is 0 Å². The van der Waals surface area contributed by atoms with E-state index in [1.807, 2.05) is 18.2 Å². The van der Waals surface area contributed by atoms with Crippen molar-refractivity contribution in [2.45, 2.75) is 44.8 Å². The monoisotopic (exact) mass is 322 g/mol. The Balaban J connectivity index is 1.37. The summed E-state index contributed by atoms with van der Waals surface area (Å²) in [5, 5.41) is 10.2. The fraction of sp³-hybridized carbons (Fsp3) is 0.667. The van der Waals surface area contributed by atoms with Crippen LogP contribution in [0.15, 0.2) is 18.2 Å². The Morgan fingerprint density at radius 1 is 1.04 bits per heavy atom. The molecule has 128 valence electrons. The summed E-state index contributed by atoms with van der Waals surface area (Å²) in [5.74, 6) is 1.56. The molecular weight excluding hydrogens is 294 g/mol. The summed E-state index contributed by atoms with van der Waals surface area (Å²) >= 11 is 0. The van der Waals surface area contributed by atoms with Crippen LogP contribution in [0.25, 0.3) is 0 Å². The molecule has 3 rings (SSSR count). The van der Waals surface area contributed by atoms with E-state index in [-0.39, 0.29) is 6.79 Å². The second-order valence-electron chi connectivity index (χ2n) is 6.58. The number of ether oxygens (including phenoxy) is 3. The first-order chi connectivity index (χ1) is 11.3. The second-order valence-corrected chi connectivity index (χ2v) is 6.58. The van der Waals surface area contributed by atoms with Gasteiger partial charge in [0.15, 0.2) is 11.5 Å². The molecule has 1 aromatic carbocycles. The van der Waals surface area contributed by atoms with Crippen LogP contribution in [0.2, 0.25) is 0 Å². The third-order valence-electron chi connectivity index (χ3n) is 4.60. The minimum atomic E-state index is -0.390. The van der Waals surface area contributed by atoms with Crippen LogP contribution in [0.5, 0.6) is 11.5 Å². The number of aliphatic hydroxyl groups excluding tert-OH is 1. The summed E-state index contributed by atoms with van der Waals surface area (Å²) in [4.78, 5) is 1.52. The first-order valence-electron chi connectivity index (χ1n) is 8.79. The quantitative estimate of drug-likeness (QED) is 0.825. The highest BCUT2D eigenvalue weighted by molar-refractivity contribution is 5.44. The molecule has 1 atom stereocenters. The van der Waals surface area contributed by atoms with Crippen LogP contribution in [0.1, 0.15) is 37.7 Å². The average Bonchev–Trinajstić information content (AvgIpc) is 2.97. The van der Waals surface area contributed by atoms with E-state index in [4.69, 9.17) is 14.2 Å². The number of fused-ring (bicyclic) bond motifs is 1. The summed E-state index contributed by atoms with van der Waals surface area (Å²) in [6.07, 6.45) is 6.20. The molecule has 5 nitrogen and oxygen atoms in total. The maximum atomic E-state index is 10.2. The Kier molecular flexibility index (Phi) is 6.13. The number of hydrogen-bond donors (Lipinski definition) is 2. The molecule has 0 radical (unpaired) electrons. The van der Waals surface area contributed by atoms with Gasteiger partial charge in [-0.3, -0.25) is 0 Å². The molecule has 5 heteroatoms. The summed E-state index contributed by atoms with van der Waals surface area (Å²) < 4.78 is 16.3. The van der Waals surface area contributed by atoms with Gasteiger partial charge in [0, 0.05) is 0 Å². The zero-order chi connectivity index (χ0) is 15.9. The second kappa shape index (κ2) is 8.52. The minimum Gasteiger partial charge on any atom is -0.454 e. The van der Waals surface area contributed by atoms with E-state index in [2.05, 4.69) is 0 Å². The van der Waals surface area contributed by atoms with Crippen LogP contribution in [-0.4, -0.2) is 44.2 Å². The van der Waals surface area contributed by atoms with Gasteiger partial charge in [-0.1, -0.05) is 12.5 Å². The Morgan fingerprint density at radius 2 is 1.78 bits per heavy atom. The number of likely N-dealkylation sites (tertiary alicyclic amines) is 1. The highest BCUT2D eigenvalue weighted by Gasteiger charge is 2.17. The Hall–Kier alpha value is -1.30. The van der Waals surface area contributed by atoms with Gasteiger partial charge >= 0.3 is 0 Å². The number of quaternary nitrogens is 1. The van der Waals surface area contributed by atoms with Crippen LogP contribution in [0, 0.1) is 0 Å². The SMILES string of the molecule is O[C@H](COCc1ccc2c(c1)OCO2)C[NH+]1CCCCCCC1. The molecule has 1 aromatic rings. The van der Waals surface area contributed by atoms with Gasteiger partial charge in [0.2, 0.25) is 6.79 Å². The summed E-state index contributed by atoms with van der Waals surface area (Å²) in [5.41, 5.74) is 1.04. The highest BCUT2D eigenvalue weighted by Crippen LogP contribution is 2.32. The summed E-state index contributed by atoms with van der Waals surface area (Å²) in [6, 6.07) is 5.82. The molecule has 2 aliphatic rings. The molecule has 0 spiro atoms. The molecule has 23 heavy (non-hydrogen) atoms. The first-order valence-corrected chi connectivity index (χ1v) is 8.79. The molecule has 2 aliphatic heterocycles. The number of hydrogen-bond acceptors (Lipinski definition) is 4.